The van der Waals surface area contributed by atoms with Crippen molar-refractivity contribution in [3.8, 4) is 23.0 Å². The lowest BCUT2D eigenvalue weighted by molar-refractivity contribution is -0.111. The summed E-state index contributed by atoms with van der Waals surface area (Å²) in [7, 11) is 1.60. The number of carbonyl (C=O) groups is 1. The van der Waals surface area contributed by atoms with Crippen LogP contribution in [0.1, 0.15) is 33.3 Å². The second-order valence-electron chi connectivity index (χ2n) is 8.07. The first-order valence-electron chi connectivity index (χ1n) is 10.8. The van der Waals surface area contributed by atoms with Crippen LogP contribution in [0.2, 0.25) is 0 Å². The molecule has 0 saturated carbocycles. The molecule has 0 unspecified atom stereocenters. The quantitative estimate of drug-likeness (QED) is 0.546. The Labute approximate surface area is 189 Å². The van der Waals surface area contributed by atoms with Crippen LogP contribution in [0, 0.1) is 0 Å². The second-order valence-corrected chi connectivity index (χ2v) is 8.07. The molecule has 7 nitrogen and oxygen atoms in total. The Hall–Kier alpha value is -3.19. The Morgan fingerprint density at radius 3 is 2.53 bits per heavy atom. The van der Waals surface area contributed by atoms with Crippen LogP contribution in [-0.4, -0.2) is 49.9 Å². The van der Waals surface area contributed by atoms with Gasteiger partial charge in [0, 0.05) is 36.5 Å². The molecule has 0 fully saturated rings. The molecule has 0 spiro atoms. The Bertz CT molecular complexity index is 947. The Morgan fingerprint density at radius 1 is 1.06 bits per heavy atom. The molecule has 0 aliphatic carbocycles. The Morgan fingerprint density at radius 2 is 1.81 bits per heavy atom. The van der Waals surface area contributed by atoms with E-state index in [1.807, 2.05) is 18.2 Å². The Balaban J connectivity index is 1.60. The van der Waals surface area contributed by atoms with E-state index < -0.39 is 0 Å². The average Bonchev–Trinajstić information content (AvgIpc) is 3.23. The summed E-state index contributed by atoms with van der Waals surface area (Å²) >= 11 is 0. The van der Waals surface area contributed by atoms with Gasteiger partial charge < -0.3 is 24.3 Å². The van der Waals surface area contributed by atoms with E-state index in [4.69, 9.17) is 18.9 Å². The van der Waals surface area contributed by atoms with E-state index >= 15 is 0 Å². The molecule has 2 aromatic carbocycles. The number of benzene rings is 2. The number of hydrogen-bond donors (Lipinski definition) is 1. The first-order valence-corrected chi connectivity index (χ1v) is 10.8. The van der Waals surface area contributed by atoms with Gasteiger partial charge in [-0.25, -0.2) is 0 Å². The van der Waals surface area contributed by atoms with E-state index in [2.05, 4.69) is 37.9 Å². The number of fused-ring (bicyclic) bond motifs is 1. The summed E-state index contributed by atoms with van der Waals surface area (Å²) < 4.78 is 22.1. The number of hydrogen-bond acceptors (Lipinski definition) is 6. The van der Waals surface area contributed by atoms with Crippen LogP contribution in [-0.2, 0) is 4.79 Å². The van der Waals surface area contributed by atoms with Crippen LogP contribution < -0.4 is 24.3 Å². The number of carbonyl (C=O) groups excluding carboxylic acids is 1. The van der Waals surface area contributed by atoms with Gasteiger partial charge in [0.2, 0.25) is 12.7 Å². The summed E-state index contributed by atoms with van der Waals surface area (Å²) in [5.41, 5.74) is 1.48. The lowest BCUT2D eigenvalue weighted by Crippen LogP contribution is -2.39. The normalized spacial score (nSPS) is 12.8. The zero-order chi connectivity index (χ0) is 23.1. The van der Waals surface area contributed by atoms with Crippen LogP contribution in [0.5, 0.6) is 23.0 Å². The molecule has 1 aliphatic heterocycles. The van der Waals surface area contributed by atoms with Gasteiger partial charge in [0.15, 0.2) is 23.0 Å². The van der Waals surface area contributed by atoms with Crippen molar-refractivity contribution in [3.05, 3.63) is 48.0 Å². The molecule has 7 heteroatoms. The maximum atomic E-state index is 12.4. The van der Waals surface area contributed by atoms with E-state index in [0.717, 1.165) is 12.1 Å². The Kier molecular flexibility index (Phi) is 8.00. The maximum Gasteiger partial charge on any atom is 0.248 e. The molecule has 1 aliphatic rings. The smallest absolute Gasteiger partial charge is 0.248 e. The SMILES string of the molecule is COc1ccc(NC(=O)C=Cc2ccc3c(c2)OCO3)cc1OCCN(C(C)C)C(C)C. The van der Waals surface area contributed by atoms with Crippen molar-refractivity contribution >= 4 is 17.7 Å². The number of ether oxygens (including phenoxy) is 4. The van der Waals surface area contributed by atoms with Crippen LogP contribution in [0.4, 0.5) is 5.69 Å². The first kappa shape index (κ1) is 23.5. The van der Waals surface area contributed by atoms with Gasteiger partial charge in [-0.2, -0.15) is 0 Å². The van der Waals surface area contributed by atoms with E-state index in [0.29, 0.717) is 47.4 Å². The van der Waals surface area contributed by atoms with Gasteiger partial charge in [0.25, 0.3) is 0 Å². The van der Waals surface area contributed by atoms with E-state index in [-0.39, 0.29) is 12.7 Å². The van der Waals surface area contributed by atoms with Crippen LogP contribution >= 0.6 is 0 Å². The highest BCUT2D eigenvalue weighted by molar-refractivity contribution is 6.02. The van der Waals surface area contributed by atoms with Crippen LogP contribution in [0.25, 0.3) is 6.08 Å². The van der Waals surface area contributed by atoms with Gasteiger partial charge in [-0.3, -0.25) is 9.69 Å². The van der Waals surface area contributed by atoms with Crippen molar-refractivity contribution < 1.29 is 23.7 Å². The van der Waals surface area contributed by atoms with E-state index in [9.17, 15) is 4.79 Å². The number of nitrogens with zero attached hydrogens (tertiary/aromatic N) is 1. The zero-order valence-corrected chi connectivity index (χ0v) is 19.4. The fourth-order valence-corrected chi connectivity index (χ4v) is 3.61. The van der Waals surface area contributed by atoms with Crippen molar-refractivity contribution in [1.29, 1.82) is 0 Å². The highest BCUT2D eigenvalue weighted by Crippen LogP contribution is 2.33. The molecule has 1 N–H and O–H groups in total. The van der Waals surface area contributed by atoms with Crippen molar-refractivity contribution in [2.75, 3.05) is 32.4 Å². The highest BCUT2D eigenvalue weighted by Gasteiger charge is 2.15. The highest BCUT2D eigenvalue weighted by atomic mass is 16.7. The van der Waals surface area contributed by atoms with Crippen molar-refractivity contribution in [3.63, 3.8) is 0 Å². The third-order valence-corrected chi connectivity index (χ3v) is 5.19. The molecule has 0 saturated heterocycles. The van der Waals surface area contributed by atoms with Gasteiger partial charge in [-0.1, -0.05) is 6.07 Å². The van der Waals surface area contributed by atoms with E-state index in [1.54, 1.807) is 31.4 Å². The number of methoxy groups -OCH3 is 1. The summed E-state index contributed by atoms with van der Waals surface area (Å²) in [6.45, 7) is 10.2. The minimum atomic E-state index is -0.246. The maximum absolute atomic E-state index is 12.4. The summed E-state index contributed by atoms with van der Waals surface area (Å²) in [6.07, 6.45) is 3.20. The predicted molar refractivity (Wildman–Crippen MR) is 126 cm³/mol. The molecule has 0 atom stereocenters. The first-order chi connectivity index (χ1) is 15.4. The molecular weight excluding hydrogens is 408 g/mol. The second kappa shape index (κ2) is 10.9. The number of amides is 1. The lowest BCUT2D eigenvalue weighted by atomic mass is 10.2. The number of rotatable bonds is 10. The summed E-state index contributed by atoms with van der Waals surface area (Å²) in [5.74, 6) is 2.36. The minimum absolute atomic E-state index is 0.220. The van der Waals surface area contributed by atoms with Gasteiger partial charge >= 0.3 is 0 Å². The fourth-order valence-electron chi connectivity index (χ4n) is 3.61. The topological polar surface area (TPSA) is 69.3 Å². The summed E-state index contributed by atoms with van der Waals surface area (Å²) in [6, 6.07) is 11.7. The van der Waals surface area contributed by atoms with E-state index in [1.165, 1.54) is 6.08 Å². The molecule has 1 amide bonds. The van der Waals surface area contributed by atoms with Gasteiger partial charge in [-0.15, -0.1) is 0 Å². The summed E-state index contributed by atoms with van der Waals surface area (Å²) in [5, 5.41) is 2.86. The third kappa shape index (κ3) is 6.17. The molecular formula is C25H32N2O5. The number of nitrogens with one attached hydrogen (secondary N) is 1. The van der Waals surface area contributed by atoms with Crippen LogP contribution in [0.15, 0.2) is 42.5 Å². The van der Waals surface area contributed by atoms with Crippen molar-refractivity contribution in [1.82, 2.24) is 4.90 Å². The molecule has 172 valence electrons. The minimum Gasteiger partial charge on any atom is -0.493 e. The molecule has 0 radical (unpaired) electrons. The standard InChI is InChI=1S/C25H32N2O5/c1-17(2)27(18(3)4)12-13-30-24-15-20(8-10-21(24)29-5)26-25(28)11-7-19-6-9-22-23(14-19)32-16-31-22/h6-11,14-15,17-18H,12-13,16H2,1-5H3,(H,26,28). The van der Waals surface area contributed by atoms with Gasteiger partial charge in [0.1, 0.15) is 6.61 Å². The molecule has 0 bridgehead atoms. The third-order valence-electron chi connectivity index (χ3n) is 5.19. The van der Waals surface area contributed by atoms with Gasteiger partial charge in [0.05, 0.1) is 7.11 Å². The average molecular weight is 441 g/mol. The molecule has 0 aromatic heterocycles. The monoisotopic (exact) mass is 440 g/mol. The predicted octanol–water partition coefficient (Wildman–Crippen LogP) is 4.57. The van der Waals surface area contributed by atoms with Gasteiger partial charge in [-0.05, 0) is 63.6 Å². The molecule has 2 aromatic rings. The lowest BCUT2D eigenvalue weighted by Gasteiger charge is -2.30. The summed E-state index contributed by atoms with van der Waals surface area (Å²) in [4.78, 5) is 14.8. The van der Waals surface area contributed by atoms with Crippen molar-refractivity contribution in [2.24, 2.45) is 0 Å². The molecule has 3 rings (SSSR count). The van der Waals surface area contributed by atoms with Crippen LogP contribution in [0.3, 0.4) is 0 Å². The molecule has 32 heavy (non-hydrogen) atoms. The largest absolute Gasteiger partial charge is 0.493 e. The number of anilines is 1. The molecule has 1 heterocycles. The zero-order valence-electron chi connectivity index (χ0n) is 19.4. The van der Waals surface area contributed by atoms with Crippen molar-refractivity contribution in [2.45, 2.75) is 39.8 Å². The fraction of sp³-hybridized carbons (Fsp3) is 0.400.